The third kappa shape index (κ3) is 10.7. The lowest BCUT2D eigenvalue weighted by molar-refractivity contribution is -0.122. The summed E-state index contributed by atoms with van der Waals surface area (Å²) in [6.07, 6.45) is 4.04. The number of ketones is 1. The van der Waals surface area contributed by atoms with Crippen molar-refractivity contribution >= 4 is 11.7 Å². The summed E-state index contributed by atoms with van der Waals surface area (Å²) >= 11 is 0. The van der Waals surface area contributed by atoms with Crippen LogP contribution in [-0.2, 0) is 14.3 Å². The molecular formula is C14H28N2O3. The van der Waals surface area contributed by atoms with Gasteiger partial charge in [-0.25, -0.2) is 0 Å². The van der Waals surface area contributed by atoms with Gasteiger partial charge in [0.1, 0.15) is 5.78 Å². The maximum Gasteiger partial charge on any atom is 0.222 e. The van der Waals surface area contributed by atoms with E-state index < -0.39 is 0 Å². The fraction of sp³-hybridized carbons (Fsp3) is 0.857. The molecule has 0 radical (unpaired) electrons. The lowest BCUT2D eigenvalue weighted by Gasteiger charge is -2.12. The van der Waals surface area contributed by atoms with E-state index >= 15 is 0 Å². The minimum atomic E-state index is -0.0573. The summed E-state index contributed by atoms with van der Waals surface area (Å²) in [5.74, 6) is 0.201. The van der Waals surface area contributed by atoms with E-state index in [1.807, 2.05) is 6.92 Å². The molecule has 5 nitrogen and oxygen atoms in total. The summed E-state index contributed by atoms with van der Waals surface area (Å²) in [5.41, 5.74) is 0. The van der Waals surface area contributed by atoms with Gasteiger partial charge in [0.15, 0.2) is 0 Å². The van der Waals surface area contributed by atoms with Crippen LogP contribution in [0.25, 0.3) is 0 Å². The fourth-order valence-electron chi connectivity index (χ4n) is 1.75. The van der Waals surface area contributed by atoms with Crippen LogP contribution in [-0.4, -0.2) is 44.5 Å². The topological polar surface area (TPSA) is 67.4 Å². The largest absolute Gasteiger partial charge is 0.381 e. The number of Topliss-reactive ketones (excluding diaryl/α,β-unsaturated/α-hetero) is 1. The molecule has 0 bridgehead atoms. The van der Waals surface area contributed by atoms with Crippen molar-refractivity contribution in [2.45, 2.75) is 52.0 Å². The number of unbranched alkanes of at least 4 members (excludes halogenated alkanes) is 1. The zero-order valence-corrected chi connectivity index (χ0v) is 12.5. The standard InChI is InChI=1S/C14H28N2O3/c1-4-10-19-11-8-14(18)16-9-6-5-7-13(15-3)12(2)17/h13,15H,4-11H2,1-3H3,(H,16,18). The van der Waals surface area contributed by atoms with Gasteiger partial charge in [-0.15, -0.1) is 0 Å². The molecule has 1 atom stereocenters. The van der Waals surface area contributed by atoms with Crippen molar-refractivity contribution in [1.29, 1.82) is 0 Å². The Morgan fingerprint density at radius 1 is 1.21 bits per heavy atom. The van der Waals surface area contributed by atoms with Crippen LogP contribution in [0.5, 0.6) is 0 Å². The molecule has 0 fully saturated rings. The summed E-state index contributed by atoms with van der Waals surface area (Å²) < 4.78 is 5.25. The lowest BCUT2D eigenvalue weighted by Crippen LogP contribution is -2.32. The Kier molecular flexibility index (Phi) is 11.5. The van der Waals surface area contributed by atoms with Crippen LogP contribution in [0.1, 0.15) is 46.0 Å². The number of carbonyl (C=O) groups is 2. The van der Waals surface area contributed by atoms with Crippen molar-refractivity contribution in [1.82, 2.24) is 10.6 Å². The van der Waals surface area contributed by atoms with Crippen LogP contribution in [0.4, 0.5) is 0 Å². The molecule has 0 aromatic carbocycles. The number of carbonyl (C=O) groups excluding carboxylic acids is 2. The van der Waals surface area contributed by atoms with E-state index in [-0.39, 0.29) is 17.7 Å². The van der Waals surface area contributed by atoms with Gasteiger partial charge in [-0.2, -0.15) is 0 Å². The Hall–Kier alpha value is -0.940. The number of nitrogens with one attached hydrogen (secondary N) is 2. The first-order chi connectivity index (χ1) is 9.11. The highest BCUT2D eigenvalue weighted by Gasteiger charge is 2.10. The molecule has 1 unspecified atom stereocenters. The SMILES string of the molecule is CCCOCCC(=O)NCCCCC(NC)C(C)=O. The molecule has 0 aliphatic rings. The minimum Gasteiger partial charge on any atom is -0.381 e. The van der Waals surface area contributed by atoms with Gasteiger partial charge in [-0.1, -0.05) is 6.92 Å². The van der Waals surface area contributed by atoms with Gasteiger partial charge in [0.2, 0.25) is 5.91 Å². The van der Waals surface area contributed by atoms with Crippen LogP contribution in [0, 0.1) is 0 Å². The van der Waals surface area contributed by atoms with Gasteiger partial charge < -0.3 is 15.4 Å². The summed E-state index contributed by atoms with van der Waals surface area (Å²) in [6.45, 7) is 5.51. The van der Waals surface area contributed by atoms with Crippen molar-refractivity contribution in [2.24, 2.45) is 0 Å². The highest BCUT2D eigenvalue weighted by atomic mass is 16.5. The smallest absolute Gasteiger partial charge is 0.222 e. The molecule has 0 aliphatic heterocycles. The van der Waals surface area contributed by atoms with Crippen LogP contribution >= 0.6 is 0 Å². The third-order valence-electron chi connectivity index (χ3n) is 2.90. The Morgan fingerprint density at radius 3 is 2.53 bits per heavy atom. The average molecular weight is 272 g/mol. The summed E-state index contributed by atoms with van der Waals surface area (Å²) in [5, 5.41) is 5.84. The average Bonchev–Trinajstić information content (AvgIpc) is 2.38. The second kappa shape index (κ2) is 12.1. The molecule has 0 aromatic rings. The number of likely N-dealkylation sites (N-methyl/N-ethyl adjacent to an activating group) is 1. The predicted octanol–water partition coefficient (Wildman–Crippen LogP) is 1.27. The molecule has 112 valence electrons. The molecule has 19 heavy (non-hydrogen) atoms. The van der Waals surface area contributed by atoms with Crippen molar-refractivity contribution in [2.75, 3.05) is 26.8 Å². The summed E-state index contributed by atoms with van der Waals surface area (Å²) in [6, 6.07) is -0.0573. The number of hydrogen-bond acceptors (Lipinski definition) is 4. The molecule has 0 aliphatic carbocycles. The highest BCUT2D eigenvalue weighted by molar-refractivity contribution is 5.81. The first-order valence-corrected chi connectivity index (χ1v) is 7.14. The van der Waals surface area contributed by atoms with Crippen molar-refractivity contribution < 1.29 is 14.3 Å². The fourth-order valence-corrected chi connectivity index (χ4v) is 1.75. The van der Waals surface area contributed by atoms with E-state index in [2.05, 4.69) is 10.6 Å². The molecule has 5 heteroatoms. The lowest BCUT2D eigenvalue weighted by atomic mass is 10.1. The maximum atomic E-state index is 11.4. The second-order valence-electron chi connectivity index (χ2n) is 4.66. The van der Waals surface area contributed by atoms with Crippen LogP contribution in [0.15, 0.2) is 0 Å². The van der Waals surface area contributed by atoms with Crippen molar-refractivity contribution in [3.05, 3.63) is 0 Å². The van der Waals surface area contributed by atoms with E-state index in [1.165, 1.54) is 0 Å². The Labute approximate surface area is 116 Å². The van der Waals surface area contributed by atoms with Crippen LogP contribution in [0.2, 0.25) is 0 Å². The van der Waals surface area contributed by atoms with E-state index in [0.717, 1.165) is 25.7 Å². The van der Waals surface area contributed by atoms with E-state index in [4.69, 9.17) is 4.74 Å². The molecule has 2 N–H and O–H groups in total. The molecule has 0 rings (SSSR count). The third-order valence-corrected chi connectivity index (χ3v) is 2.90. The van der Waals surface area contributed by atoms with Gasteiger partial charge in [0.25, 0.3) is 0 Å². The van der Waals surface area contributed by atoms with Gasteiger partial charge in [-0.3, -0.25) is 9.59 Å². The molecule has 1 amide bonds. The van der Waals surface area contributed by atoms with E-state index in [9.17, 15) is 9.59 Å². The molecule has 0 saturated heterocycles. The second-order valence-corrected chi connectivity index (χ2v) is 4.66. The number of rotatable bonds is 12. The summed E-state index contributed by atoms with van der Waals surface area (Å²) in [7, 11) is 1.80. The first-order valence-electron chi connectivity index (χ1n) is 7.14. The Balaban J connectivity index is 3.43. The molecule has 0 saturated carbocycles. The van der Waals surface area contributed by atoms with Gasteiger partial charge in [0, 0.05) is 19.6 Å². The predicted molar refractivity (Wildman–Crippen MR) is 76.1 cm³/mol. The summed E-state index contributed by atoms with van der Waals surface area (Å²) in [4.78, 5) is 22.6. The normalized spacial score (nSPS) is 12.2. The zero-order chi connectivity index (χ0) is 14.5. The number of amides is 1. The van der Waals surface area contributed by atoms with Crippen LogP contribution in [0.3, 0.4) is 0 Å². The molecular weight excluding hydrogens is 244 g/mol. The van der Waals surface area contributed by atoms with Gasteiger partial charge in [0.05, 0.1) is 12.6 Å². The van der Waals surface area contributed by atoms with Gasteiger partial charge in [-0.05, 0) is 39.7 Å². The maximum absolute atomic E-state index is 11.4. The monoisotopic (exact) mass is 272 g/mol. The first kappa shape index (κ1) is 18.1. The van der Waals surface area contributed by atoms with E-state index in [0.29, 0.717) is 26.2 Å². The Bertz CT molecular complexity index is 257. The molecule has 0 aromatic heterocycles. The molecule has 0 heterocycles. The number of hydrogen-bond donors (Lipinski definition) is 2. The van der Waals surface area contributed by atoms with Crippen molar-refractivity contribution in [3.63, 3.8) is 0 Å². The highest BCUT2D eigenvalue weighted by Crippen LogP contribution is 2.01. The number of ether oxygens (including phenoxy) is 1. The quantitative estimate of drug-likeness (QED) is 0.525. The zero-order valence-electron chi connectivity index (χ0n) is 12.5. The van der Waals surface area contributed by atoms with Crippen molar-refractivity contribution in [3.8, 4) is 0 Å². The Morgan fingerprint density at radius 2 is 1.95 bits per heavy atom. The molecule has 0 spiro atoms. The van der Waals surface area contributed by atoms with Gasteiger partial charge >= 0.3 is 0 Å². The minimum absolute atomic E-state index is 0.0350. The van der Waals surface area contributed by atoms with E-state index in [1.54, 1.807) is 14.0 Å². The van der Waals surface area contributed by atoms with Crippen LogP contribution < -0.4 is 10.6 Å².